The number of amides is 1. The maximum atomic E-state index is 12.0. The van der Waals surface area contributed by atoms with E-state index in [4.69, 9.17) is 0 Å². The third kappa shape index (κ3) is 3.09. The summed E-state index contributed by atoms with van der Waals surface area (Å²) in [6.07, 6.45) is 0. The van der Waals surface area contributed by atoms with E-state index in [0.717, 1.165) is 11.1 Å². The summed E-state index contributed by atoms with van der Waals surface area (Å²) < 4.78 is 0. The lowest BCUT2D eigenvalue weighted by atomic mass is 10.0. The van der Waals surface area contributed by atoms with Crippen molar-refractivity contribution in [1.82, 2.24) is 5.32 Å². The summed E-state index contributed by atoms with van der Waals surface area (Å²) in [6.45, 7) is 3.90. The van der Waals surface area contributed by atoms with Gasteiger partial charge in [0.05, 0.1) is 11.4 Å². The van der Waals surface area contributed by atoms with Gasteiger partial charge in [0.15, 0.2) is 5.78 Å². The van der Waals surface area contributed by atoms with Crippen LogP contribution in [0.1, 0.15) is 31.2 Å². The number of benzene rings is 1. The van der Waals surface area contributed by atoms with Crippen LogP contribution >= 0.6 is 11.3 Å². The molecule has 0 saturated carbocycles. The number of Topliss-reactive ketones (excluding diaryl/α,β-unsaturated/α-hetero) is 1. The molecule has 0 atom stereocenters. The molecule has 98 valence electrons. The first kappa shape index (κ1) is 13.5. The number of thiophene rings is 1. The van der Waals surface area contributed by atoms with E-state index in [2.05, 4.69) is 5.32 Å². The quantitative estimate of drug-likeness (QED) is 0.870. The van der Waals surface area contributed by atoms with Crippen LogP contribution in [-0.2, 0) is 0 Å². The van der Waals surface area contributed by atoms with Crippen molar-refractivity contribution in [3.8, 4) is 0 Å². The highest BCUT2D eigenvalue weighted by Gasteiger charge is 2.12. The van der Waals surface area contributed by atoms with Crippen molar-refractivity contribution < 1.29 is 9.59 Å². The second-order valence-corrected chi connectivity index (χ2v) is 5.28. The van der Waals surface area contributed by atoms with Crippen LogP contribution in [0.4, 0.5) is 0 Å². The Labute approximate surface area is 116 Å². The molecule has 1 heterocycles. The average Bonchev–Trinajstić information content (AvgIpc) is 2.93. The monoisotopic (exact) mass is 273 g/mol. The van der Waals surface area contributed by atoms with Crippen LogP contribution in [0.2, 0.25) is 0 Å². The summed E-state index contributed by atoms with van der Waals surface area (Å²) in [5, 5.41) is 4.52. The van der Waals surface area contributed by atoms with Crippen molar-refractivity contribution >= 4 is 23.0 Å². The van der Waals surface area contributed by atoms with Crippen molar-refractivity contribution in [2.24, 2.45) is 0 Å². The number of hydrogen-bond donors (Lipinski definition) is 1. The fourth-order valence-electron chi connectivity index (χ4n) is 1.78. The van der Waals surface area contributed by atoms with E-state index < -0.39 is 0 Å². The minimum atomic E-state index is -0.203. The zero-order chi connectivity index (χ0) is 13.8. The van der Waals surface area contributed by atoms with Gasteiger partial charge in [-0.3, -0.25) is 9.59 Å². The summed E-state index contributed by atoms with van der Waals surface area (Å²) in [6, 6.07) is 9.16. The fourth-order valence-corrected chi connectivity index (χ4v) is 2.44. The Kier molecular flexibility index (Phi) is 4.12. The predicted octanol–water partition coefficient (Wildman–Crippen LogP) is 2.98. The van der Waals surface area contributed by atoms with E-state index in [-0.39, 0.29) is 18.2 Å². The lowest BCUT2D eigenvalue weighted by Crippen LogP contribution is -2.29. The summed E-state index contributed by atoms with van der Waals surface area (Å²) in [5.74, 6) is -0.264. The maximum absolute atomic E-state index is 12.0. The summed E-state index contributed by atoms with van der Waals surface area (Å²) >= 11 is 1.38. The molecule has 2 aromatic rings. The number of ketones is 1. The minimum absolute atomic E-state index is 0.0345. The number of nitrogens with one attached hydrogen (secondary N) is 1. The summed E-state index contributed by atoms with van der Waals surface area (Å²) in [5.41, 5.74) is 2.64. The molecule has 0 spiro atoms. The number of hydrogen-bond acceptors (Lipinski definition) is 3. The first-order chi connectivity index (χ1) is 9.09. The van der Waals surface area contributed by atoms with Gasteiger partial charge in [0.25, 0.3) is 5.91 Å². The van der Waals surface area contributed by atoms with Gasteiger partial charge < -0.3 is 5.32 Å². The number of carbonyl (C=O) groups is 2. The molecular weight excluding hydrogens is 258 g/mol. The normalized spacial score (nSPS) is 10.2. The van der Waals surface area contributed by atoms with Crippen LogP contribution in [0.25, 0.3) is 0 Å². The van der Waals surface area contributed by atoms with E-state index in [1.807, 2.05) is 37.4 Å². The summed E-state index contributed by atoms with van der Waals surface area (Å²) in [7, 11) is 0. The second kappa shape index (κ2) is 5.80. The molecular formula is C15H15NO2S. The Morgan fingerprint density at radius 1 is 1.16 bits per heavy atom. The van der Waals surface area contributed by atoms with Crippen molar-refractivity contribution in [2.45, 2.75) is 13.8 Å². The standard InChI is InChI=1S/C15H15NO2S/c1-10-5-3-6-12(11(10)2)15(18)16-9-13(17)14-7-4-8-19-14/h3-8H,9H2,1-2H3,(H,16,18). The Hall–Kier alpha value is -1.94. The zero-order valence-electron chi connectivity index (χ0n) is 10.9. The van der Waals surface area contributed by atoms with Crippen LogP contribution in [0.5, 0.6) is 0 Å². The van der Waals surface area contributed by atoms with Crippen molar-refractivity contribution in [3.05, 3.63) is 57.3 Å². The van der Waals surface area contributed by atoms with Gasteiger partial charge in [0.2, 0.25) is 0 Å². The third-order valence-electron chi connectivity index (χ3n) is 3.05. The third-order valence-corrected chi connectivity index (χ3v) is 3.97. The Morgan fingerprint density at radius 2 is 1.95 bits per heavy atom. The second-order valence-electron chi connectivity index (χ2n) is 4.33. The molecule has 0 unspecified atom stereocenters. The van der Waals surface area contributed by atoms with Crippen molar-refractivity contribution in [3.63, 3.8) is 0 Å². The lowest BCUT2D eigenvalue weighted by Gasteiger charge is -2.08. The predicted molar refractivity (Wildman–Crippen MR) is 76.9 cm³/mol. The van der Waals surface area contributed by atoms with Crippen LogP contribution in [-0.4, -0.2) is 18.2 Å². The van der Waals surface area contributed by atoms with Gasteiger partial charge in [-0.15, -0.1) is 11.3 Å². The topological polar surface area (TPSA) is 46.2 Å². The molecule has 0 aliphatic rings. The Morgan fingerprint density at radius 3 is 2.63 bits per heavy atom. The molecule has 2 rings (SSSR count). The Bertz CT molecular complexity index is 603. The molecule has 19 heavy (non-hydrogen) atoms. The fraction of sp³-hybridized carbons (Fsp3) is 0.200. The molecule has 1 aromatic heterocycles. The maximum Gasteiger partial charge on any atom is 0.251 e. The molecule has 4 heteroatoms. The van der Waals surface area contributed by atoms with Gasteiger partial charge >= 0.3 is 0 Å². The van der Waals surface area contributed by atoms with Gasteiger partial charge in [-0.05, 0) is 42.5 Å². The van der Waals surface area contributed by atoms with Crippen LogP contribution in [0.15, 0.2) is 35.7 Å². The molecule has 0 bridgehead atoms. The van der Waals surface area contributed by atoms with Gasteiger partial charge in [0, 0.05) is 5.56 Å². The SMILES string of the molecule is Cc1cccc(C(=O)NCC(=O)c2cccs2)c1C. The number of carbonyl (C=O) groups excluding carboxylic acids is 2. The van der Waals surface area contributed by atoms with Crippen LogP contribution in [0, 0.1) is 13.8 Å². The molecule has 0 fully saturated rings. The van der Waals surface area contributed by atoms with E-state index >= 15 is 0 Å². The van der Waals surface area contributed by atoms with E-state index in [1.54, 1.807) is 12.1 Å². The van der Waals surface area contributed by atoms with E-state index in [1.165, 1.54) is 11.3 Å². The summed E-state index contributed by atoms with van der Waals surface area (Å²) in [4.78, 5) is 24.5. The molecule has 0 saturated heterocycles. The molecule has 3 nitrogen and oxygen atoms in total. The lowest BCUT2D eigenvalue weighted by molar-refractivity contribution is 0.0905. The minimum Gasteiger partial charge on any atom is -0.345 e. The van der Waals surface area contributed by atoms with E-state index in [9.17, 15) is 9.59 Å². The highest BCUT2D eigenvalue weighted by molar-refractivity contribution is 7.12. The molecule has 1 N–H and O–H groups in total. The van der Waals surface area contributed by atoms with Gasteiger partial charge in [0.1, 0.15) is 0 Å². The first-order valence-corrected chi connectivity index (χ1v) is 6.88. The number of aryl methyl sites for hydroxylation is 1. The average molecular weight is 273 g/mol. The molecule has 0 aliphatic heterocycles. The van der Waals surface area contributed by atoms with Gasteiger partial charge in [-0.1, -0.05) is 18.2 Å². The first-order valence-electron chi connectivity index (χ1n) is 6.00. The number of rotatable bonds is 4. The Balaban J connectivity index is 2.02. The molecule has 0 radical (unpaired) electrons. The van der Waals surface area contributed by atoms with Gasteiger partial charge in [-0.2, -0.15) is 0 Å². The van der Waals surface area contributed by atoms with E-state index in [0.29, 0.717) is 10.4 Å². The molecule has 0 aliphatic carbocycles. The zero-order valence-corrected chi connectivity index (χ0v) is 11.7. The van der Waals surface area contributed by atoms with Gasteiger partial charge in [-0.25, -0.2) is 0 Å². The largest absolute Gasteiger partial charge is 0.345 e. The molecule has 1 amide bonds. The van der Waals surface area contributed by atoms with Crippen molar-refractivity contribution in [1.29, 1.82) is 0 Å². The smallest absolute Gasteiger partial charge is 0.251 e. The van der Waals surface area contributed by atoms with Crippen LogP contribution in [0.3, 0.4) is 0 Å². The van der Waals surface area contributed by atoms with Crippen LogP contribution < -0.4 is 5.32 Å². The van der Waals surface area contributed by atoms with Crippen molar-refractivity contribution in [2.75, 3.05) is 6.54 Å². The molecule has 1 aromatic carbocycles. The highest BCUT2D eigenvalue weighted by atomic mass is 32.1. The highest BCUT2D eigenvalue weighted by Crippen LogP contribution is 2.13.